The van der Waals surface area contributed by atoms with Gasteiger partial charge in [-0.05, 0) is 25.7 Å². The molecular weight excluding hydrogens is 192 g/mol. The fourth-order valence-corrected chi connectivity index (χ4v) is 2.64. The lowest BCUT2D eigenvalue weighted by Crippen LogP contribution is -2.15. The standard InChI is InChI=1S/C11H16N2S/c1-2-8(3-1)10-7-14-11(13-10)6-12-9-4-5-9/h7-9,12H,1-6H2. The highest BCUT2D eigenvalue weighted by Crippen LogP contribution is 2.36. The molecule has 2 aliphatic rings. The maximum Gasteiger partial charge on any atom is 0.107 e. The molecule has 3 rings (SSSR count). The lowest BCUT2D eigenvalue weighted by atomic mass is 9.83. The normalized spacial score (nSPS) is 22.3. The van der Waals surface area contributed by atoms with Crippen molar-refractivity contribution in [3.05, 3.63) is 16.1 Å². The molecule has 0 aromatic carbocycles. The predicted octanol–water partition coefficient (Wildman–Crippen LogP) is 2.66. The quantitative estimate of drug-likeness (QED) is 0.823. The van der Waals surface area contributed by atoms with Crippen LogP contribution in [0.1, 0.15) is 48.7 Å². The Kier molecular flexibility index (Phi) is 2.30. The lowest BCUT2D eigenvalue weighted by molar-refractivity contribution is 0.412. The van der Waals surface area contributed by atoms with Crippen LogP contribution in [0.15, 0.2) is 5.38 Å². The van der Waals surface area contributed by atoms with Crippen LogP contribution < -0.4 is 5.32 Å². The van der Waals surface area contributed by atoms with E-state index in [1.807, 2.05) is 11.3 Å². The predicted molar refractivity (Wildman–Crippen MR) is 58.6 cm³/mol. The molecule has 2 nitrogen and oxygen atoms in total. The van der Waals surface area contributed by atoms with E-state index in [0.29, 0.717) is 0 Å². The minimum atomic E-state index is 0.793. The summed E-state index contributed by atoms with van der Waals surface area (Å²) in [5.41, 5.74) is 1.36. The highest BCUT2D eigenvalue weighted by atomic mass is 32.1. The third-order valence-electron chi connectivity index (χ3n) is 3.21. The summed E-state index contributed by atoms with van der Waals surface area (Å²) in [5, 5.41) is 7.04. The zero-order valence-corrected chi connectivity index (χ0v) is 9.15. The van der Waals surface area contributed by atoms with E-state index in [-0.39, 0.29) is 0 Å². The van der Waals surface area contributed by atoms with Crippen molar-refractivity contribution in [2.45, 2.75) is 50.6 Å². The van der Waals surface area contributed by atoms with Gasteiger partial charge in [0.25, 0.3) is 0 Å². The van der Waals surface area contributed by atoms with Crippen LogP contribution >= 0.6 is 11.3 Å². The van der Waals surface area contributed by atoms with Crippen molar-refractivity contribution in [2.75, 3.05) is 0 Å². The van der Waals surface area contributed by atoms with Crippen LogP contribution in [0.5, 0.6) is 0 Å². The molecule has 0 atom stereocenters. The molecule has 14 heavy (non-hydrogen) atoms. The number of aromatic nitrogens is 1. The zero-order chi connectivity index (χ0) is 9.38. The summed E-state index contributed by atoms with van der Waals surface area (Å²) >= 11 is 1.82. The van der Waals surface area contributed by atoms with Crippen molar-refractivity contribution in [2.24, 2.45) is 0 Å². The second-order valence-corrected chi connectivity index (χ2v) is 5.39. The van der Waals surface area contributed by atoms with E-state index >= 15 is 0 Å². The van der Waals surface area contributed by atoms with Gasteiger partial charge in [0.15, 0.2) is 0 Å². The van der Waals surface area contributed by atoms with E-state index in [0.717, 1.165) is 18.5 Å². The van der Waals surface area contributed by atoms with Gasteiger partial charge in [0.05, 0.1) is 5.69 Å². The van der Waals surface area contributed by atoms with Gasteiger partial charge in [0.1, 0.15) is 5.01 Å². The van der Waals surface area contributed by atoms with Gasteiger partial charge in [-0.3, -0.25) is 0 Å². The Labute approximate surface area is 88.7 Å². The summed E-state index contributed by atoms with van der Waals surface area (Å²) in [5.74, 6) is 0.793. The van der Waals surface area contributed by atoms with E-state index in [2.05, 4.69) is 15.7 Å². The Morgan fingerprint density at radius 1 is 1.36 bits per heavy atom. The van der Waals surface area contributed by atoms with Crippen molar-refractivity contribution in [3.63, 3.8) is 0 Å². The van der Waals surface area contributed by atoms with Gasteiger partial charge >= 0.3 is 0 Å². The molecule has 1 aromatic rings. The van der Waals surface area contributed by atoms with E-state index in [4.69, 9.17) is 0 Å². The first kappa shape index (κ1) is 8.86. The number of nitrogens with zero attached hydrogens (tertiary/aromatic N) is 1. The summed E-state index contributed by atoms with van der Waals surface area (Å²) in [7, 11) is 0. The van der Waals surface area contributed by atoms with Crippen molar-refractivity contribution >= 4 is 11.3 Å². The van der Waals surface area contributed by atoms with Gasteiger partial charge < -0.3 is 5.32 Å². The first-order valence-corrected chi connectivity index (χ1v) is 6.47. The average molecular weight is 208 g/mol. The Hall–Kier alpha value is -0.410. The Balaban J connectivity index is 1.58. The lowest BCUT2D eigenvalue weighted by Gasteiger charge is -2.22. The van der Waals surface area contributed by atoms with E-state index in [9.17, 15) is 0 Å². The molecule has 3 heteroatoms. The molecule has 2 aliphatic carbocycles. The Morgan fingerprint density at radius 3 is 2.86 bits per heavy atom. The molecule has 0 saturated heterocycles. The number of thiazole rings is 1. The van der Waals surface area contributed by atoms with Crippen LogP contribution in [0.25, 0.3) is 0 Å². The molecule has 76 valence electrons. The zero-order valence-electron chi connectivity index (χ0n) is 8.33. The first-order chi connectivity index (χ1) is 6.92. The van der Waals surface area contributed by atoms with Crippen molar-refractivity contribution in [1.29, 1.82) is 0 Å². The van der Waals surface area contributed by atoms with Gasteiger partial charge in [-0.1, -0.05) is 6.42 Å². The van der Waals surface area contributed by atoms with Crippen LogP contribution in [0.3, 0.4) is 0 Å². The van der Waals surface area contributed by atoms with Gasteiger partial charge in [-0.25, -0.2) is 4.98 Å². The number of rotatable bonds is 4. The average Bonchev–Trinajstić information content (AvgIpc) is 2.82. The van der Waals surface area contributed by atoms with Crippen molar-refractivity contribution in [3.8, 4) is 0 Å². The third-order valence-corrected chi connectivity index (χ3v) is 4.08. The molecule has 2 saturated carbocycles. The second kappa shape index (κ2) is 3.63. The van der Waals surface area contributed by atoms with Gasteiger partial charge in [-0.2, -0.15) is 0 Å². The summed E-state index contributed by atoms with van der Waals surface area (Å²) in [6, 6.07) is 0.797. The highest BCUT2D eigenvalue weighted by Gasteiger charge is 2.23. The molecule has 2 fully saturated rings. The van der Waals surface area contributed by atoms with E-state index in [1.54, 1.807) is 0 Å². The number of hydrogen-bond acceptors (Lipinski definition) is 3. The fourth-order valence-electron chi connectivity index (χ4n) is 1.82. The van der Waals surface area contributed by atoms with E-state index in [1.165, 1.54) is 42.8 Å². The highest BCUT2D eigenvalue weighted by molar-refractivity contribution is 7.09. The molecule has 0 unspecified atom stereocenters. The summed E-state index contributed by atoms with van der Waals surface area (Å²) < 4.78 is 0. The SMILES string of the molecule is c1sc(CNC2CC2)nc1C1CCC1. The molecule has 0 spiro atoms. The smallest absolute Gasteiger partial charge is 0.107 e. The molecule has 0 bridgehead atoms. The summed E-state index contributed by atoms with van der Waals surface area (Å²) in [6.07, 6.45) is 6.85. The van der Waals surface area contributed by atoms with Gasteiger partial charge in [0.2, 0.25) is 0 Å². The molecule has 1 heterocycles. The fraction of sp³-hybridized carbons (Fsp3) is 0.727. The maximum absolute atomic E-state index is 4.69. The first-order valence-electron chi connectivity index (χ1n) is 5.59. The number of hydrogen-bond donors (Lipinski definition) is 1. The van der Waals surface area contributed by atoms with Crippen molar-refractivity contribution < 1.29 is 0 Å². The van der Waals surface area contributed by atoms with Crippen molar-refractivity contribution in [1.82, 2.24) is 10.3 Å². The van der Waals surface area contributed by atoms with Gasteiger partial charge in [-0.15, -0.1) is 11.3 Å². The van der Waals surface area contributed by atoms with Crippen LogP contribution in [0.4, 0.5) is 0 Å². The van der Waals surface area contributed by atoms with E-state index < -0.39 is 0 Å². The van der Waals surface area contributed by atoms with Crippen LogP contribution in [-0.4, -0.2) is 11.0 Å². The largest absolute Gasteiger partial charge is 0.308 e. The van der Waals surface area contributed by atoms with Crippen LogP contribution in [0, 0.1) is 0 Å². The Bertz CT molecular complexity index is 313. The molecule has 0 amide bonds. The monoisotopic (exact) mass is 208 g/mol. The minimum Gasteiger partial charge on any atom is -0.308 e. The van der Waals surface area contributed by atoms with Crippen LogP contribution in [0.2, 0.25) is 0 Å². The maximum atomic E-state index is 4.69. The molecular formula is C11H16N2S. The topological polar surface area (TPSA) is 24.9 Å². The third kappa shape index (κ3) is 1.84. The summed E-state index contributed by atoms with van der Waals surface area (Å²) in [4.78, 5) is 4.69. The minimum absolute atomic E-state index is 0.793. The molecule has 1 N–H and O–H groups in total. The van der Waals surface area contributed by atoms with Crippen LogP contribution in [-0.2, 0) is 6.54 Å². The second-order valence-electron chi connectivity index (χ2n) is 4.45. The Morgan fingerprint density at radius 2 is 2.21 bits per heavy atom. The summed E-state index contributed by atoms with van der Waals surface area (Å²) in [6.45, 7) is 0.988. The van der Waals surface area contributed by atoms with Gasteiger partial charge in [0, 0.05) is 23.9 Å². The molecule has 0 aliphatic heterocycles. The number of nitrogens with one attached hydrogen (secondary N) is 1. The molecule has 1 aromatic heterocycles. The molecule has 0 radical (unpaired) electrons.